The van der Waals surface area contributed by atoms with Crippen LogP contribution in [0.5, 0.6) is 0 Å². The molecule has 3 rings (SSSR count). The van der Waals surface area contributed by atoms with E-state index in [1.807, 2.05) is 19.9 Å². The number of benzene rings is 2. The molecule has 0 radical (unpaired) electrons. The van der Waals surface area contributed by atoms with Crippen LogP contribution in [-0.2, 0) is 4.79 Å². The van der Waals surface area contributed by atoms with Crippen molar-refractivity contribution in [1.82, 2.24) is 16.0 Å². The van der Waals surface area contributed by atoms with Crippen molar-refractivity contribution in [3.63, 3.8) is 0 Å². The summed E-state index contributed by atoms with van der Waals surface area (Å²) in [7, 11) is 1.58. The van der Waals surface area contributed by atoms with Crippen LogP contribution in [0.2, 0.25) is 0 Å². The summed E-state index contributed by atoms with van der Waals surface area (Å²) in [5.74, 6) is 0.0949. The fourth-order valence-corrected chi connectivity index (χ4v) is 4.23. The number of aliphatic imine (C=N–C) groups is 1. The maximum Gasteiger partial charge on any atom is 0.251 e. The molecular weight excluding hydrogens is 505 g/mol. The molecule has 0 spiro atoms. The van der Waals surface area contributed by atoms with Crippen LogP contribution < -0.4 is 21.3 Å². The number of allylic oxidation sites excluding steroid dienone is 2. The standard InChI is InChI=1S/C29H35ClFN5O2/c1-5-9-26(36-27(22(30)6-2)35-24-10-7-8-15-33-29(24)38)34-25-16-18(3)21(17-23(25)31)19-11-13-20(14-12-19)28(37)32-4/h6,9,11-14,16-17,24,34H,5,7-8,10,15H2,1-4H3,(H,32,37)(H,33,38)(H,35,36)/b22-6+,26-9+. The first-order chi connectivity index (χ1) is 18.3. The van der Waals surface area contributed by atoms with E-state index < -0.39 is 11.9 Å². The minimum Gasteiger partial charge on any atom is -0.355 e. The number of aryl methyl sites for hydroxylation is 1. The van der Waals surface area contributed by atoms with E-state index in [4.69, 9.17) is 11.6 Å². The van der Waals surface area contributed by atoms with Crippen LogP contribution in [0, 0.1) is 12.7 Å². The minimum atomic E-state index is -0.551. The Labute approximate surface area is 228 Å². The number of nitrogens with zero attached hydrogens (tertiary/aromatic N) is 1. The molecule has 9 heteroatoms. The molecule has 0 aromatic heterocycles. The van der Waals surface area contributed by atoms with Crippen LogP contribution in [-0.4, -0.2) is 37.3 Å². The fraction of sp³-hybridized carbons (Fsp3) is 0.345. The van der Waals surface area contributed by atoms with Crippen LogP contribution in [0.4, 0.5) is 10.1 Å². The summed E-state index contributed by atoms with van der Waals surface area (Å²) >= 11 is 6.45. The largest absolute Gasteiger partial charge is 0.355 e. The molecule has 0 saturated carbocycles. The minimum absolute atomic E-state index is 0.128. The first-order valence-electron chi connectivity index (χ1n) is 12.8. The Hall–Kier alpha value is -3.65. The molecule has 2 amide bonds. The van der Waals surface area contributed by atoms with Crippen LogP contribution in [0.25, 0.3) is 11.1 Å². The summed E-state index contributed by atoms with van der Waals surface area (Å²) in [5.41, 5.74) is 3.20. The first kappa shape index (κ1) is 28.9. The molecule has 0 aliphatic carbocycles. The maximum atomic E-state index is 15.3. The zero-order valence-corrected chi connectivity index (χ0v) is 23.0. The van der Waals surface area contributed by atoms with Gasteiger partial charge in [-0.2, -0.15) is 0 Å². The highest BCUT2D eigenvalue weighted by atomic mass is 35.5. The van der Waals surface area contributed by atoms with Crippen molar-refractivity contribution >= 4 is 34.9 Å². The molecule has 1 heterocycles. The summed E-state index contributed by atoms with van der Waals surface area (Å²) in [4.78, 5) is 28.9. The lowest BCUT2D eigenvalue weighted by atomic mass is 9.98. The highest BCUT2D eigenvalue weighted by molar-refractivity contribution is 6.43. The van der Waals surface area contributed by atoms with E-state index in [0.717, 1.165) is 29.5 Å². The van der Waals surface area contributed by atoms with Crippen LogP contribution in [0.15, 0.2) is 64.4 Å². The Morgan fingerprint density at radius 3 is 2.63 bits per heavy atom. The predicted molar refractivity (Wildman–Crippen MR) is 153 cm³/mol. The van der Waals surface area contributed by atoms with Crippen molar-refractivity contribution in [3.8, 4) is 11.1 Å². The van der Waals surface area contributed by atoms with Gasteiger partial charge in [-0.25, -0.2) is 4.39 Å². The monoisotopic (exact) mass is 539 g/mol. The molecule has 1 aliphatic heterocycles. The maximum absolute atomic E-state index is 15.3. The lowest BCUT2D eigenvalue weighted by Gasteiger charge is -2.19. The Morgan fingerprint density at radius 2 is 1.97 bits per heavy atom. The van der Waals surface area contributed by atoms with Gasteiger partial charge in [-0.15, -0.1) is 0 Å². The highest BCUT2D eigenvalue weighted by Crippen LogP contribution is 2.29. The van der Waals surface area contributed by atoms with Crippen LogP contribution in [0.1, 0.15) is 55.5 Å². The number of hydrogen-bond donors (Lipinski definition) is 4. The second-order valence-electron chi connectivity index (χ2n) is 9.00. The molecule has 1 saturated heterocycles. The van der Waals surface area contributed by atoms with Gasteiger partial charge in [0, 0.05) is 19.2 Å². The fourth-order valence-electron chi connectivity index (χ4n) is 4.14. The van der Waals surface area contributed by atoms with Gasteiger partial charge >= 0.3 is 0 Å². The Kier molecular flexibility index (Phi) is 10.5. The summed E-state index contributed by atoms with van der Waals surface area (Å²) in [6.07, 6.45) is 6.65. The predicted octanol–water partition coefficient (Wildman–Crippen LogP) is 5.62. The van der Waals surface area contributed by atoms with Gasteiger partial charge in [0.1, 0.15) is 23.5 Å². The van der Waals surface area contributed by atoms with Gasteiger partial charge in [0.2, 0.25) is 5.91 Å². The zero-order chi connectivity index (χ0) is 27.7. The lowest BCUT2D eigenvalue weighted by molar-refractivity contribution is -0.121. The number of amidine groups is 1. The second-order valence-corrected chi connectivity index (χ2v) is 9.40. The van der Waals surface area contributed by atoms with Gasteiger partial charge in [0.15, 0.2) is 0 Å². The summed E-state index contributed by atoms with van der Waals surface area (Å²) in [5, 5.41) is 12.1. The van der Waals surface area contributed by atoms with Gasteiger partial charge in [-0.3, -0.25) is 14.6 Å². The van der Waals surface area contributed by atoms with Crippen molar-refractivity contribution in [3.05, 3.63) is 76.3 Å². The van der Waals surface area contributed by atoms with E-state index in [1.54, 1.807) is 50.4 Å². The lowest BCUT2D eigenvalue weighted by Crippen LogP contribution is -2.35. The van der Waals surface area contributed by atoms with E-state index >= 15 is 4.39 Å². The van der Waals surface area contributed by atoms with Gasteiger partial charge in [0.25, 0.3) is 5.91 Å². The van der Waals surface area contributed by atoms with Crippen molar-refractivity contribution in [2.24, 2.45) is 4.99 Å². The van der Waals surface area contributed by atoms with Crippen molar-refractivity contribution in [2.45, 2.75) is 52.5 Å². The van der Waals surface area contributed by atoms with Gasteiger partial charge in [0.05, 0.1) is 10.7 Å². The van der Waals surface area contributed by atoms with E-state index in [2.05, 4.69) is 26.3 Å². The molecular formula is C29H35ClFN5O2. The Bertz CT molecular complexity index is 1250. The van der Waals surface area contributed by atoms with E-state index in [0.29, 0.717) is 41.6 Å². The normalized spacial score (nSPS) is 16.9. The third-order valence-corrected chi connectivity index (χ3v) is 6.60. The smallest absolute Gasteiger partial charge is 0.251 e. The molecule has 4 N–H and O–H groups in total. The topological polar surface area (TPSA) is 94.6 Å². The van der Waals surface area contributed by atoms with Crippen molar-refractivity contribution in [1.29, 1.82) is 0 Å². The molecule has 1 aliphatic rings. The summed E-state index contributed by atoms with van der Waals surface area (Å²) in [6, 6.07) is 9.68. The van der Waals surface area contributed by atoms with Gasteiger partial charge in [-0.1, -0.05) is 36.7 Å². The first-order valence-corrected chi connectivity index (χ1v) is 13.2. The number of hydrogen-bond acceptors (Lipinski definition) is 4. The SMILES string of the molecule is C/C=C(/Cl)C(=NC1CCCCNC1=O)N/C(=C/CC)Nc1cc(C)c(-c2ccc(C(=O)NC)cc2)cc1F. The number of nitrogens with one attached hydrogen (secondary N) is 4. The third kappa shape index (κ3) is 7.44. The average Bonchev–Trinajstić information content (AvgIpc) is 3.13. The summed E-state index contributed by atoms with van der Waals surface area (Å²) in [6.45, 7) is 6.29. The second kappa shape index (κ2) is 13.8. The van der Waals surface area contributed by atoms with Crippen LogP contribution in [0.3, 0.4) is 0 Å². The van der Waals surface area contributed by atoms with E-state index in [1.165, 1.54) is 6.07 Å². The number of carbonyl (C=O) groups excluding carboxylic acids is 2. The van der Waals surface area contributed by atoms with Crippen LogP contribution >= 0.6 is 11.6 Å². The molecule has 7 nitrogen and oxygen atoms in total. The molecule has 1 unspecified atom stereocenters. The number of amides is 2. The average molecular weight is 540 g/mol. The number of halogens is 2. The van der Waals surface area contributed by atoms with Crippen molar-refractivity contribution in [2.75, 3.05) is 18.9 Å². The van der Waals surface area contributed by atoms with E-state index in [9.17, 15) is 9.59 Å². The van der Waals surface area contributed by atoms with Gasteiger partial charge in [-0.05, 0) is 86.6 Å². The molecule has 1 fully saturated rings. The number of anilines is 1. The molecule has 202 valence electrons. The zero-order valence-electron chi connectivity index (χ0n) is 22.3. The summed E-state index contributed by atoms with van der Waals surface area (Å²) < 4.78 is 15.3. The quantitative estimate of drug-likeness (QED) is 0.258. The van der Waals surface area contributed by atoms with Gasteiger partial charge < -0.3 is 21.3 Å². The molecule has 2 aromatic rings. The number of rotatable bonds is 8. The third-order valence-electron chi connectivity index (χ3n) is 6.20. The number of carbonyl (C=O) groups is 2. The molecule has 0 bridgehead atoms. The molecule has 1 atom stereocenters. The highest BCUT2D eigenvalue weighted by Gasteiger charge is 2.22. The molecule has 38 heavy (non-hydrogen) atoms. The van der Waals surface area contributed by atoms with E-state index in [-0.39, 0.29) is 17.5 Å². The van der Waals surface area contributed by atoms with Crippen molar-refractivity contribution < 1.29 is 14.0 Å². The Balaban J connectivity index is 1.87. The molecule has 2 aromatic carbocycles. The Morgan fingerprint density at radius 1 is 1.24 bits per heavy atom.